The Bertz CT molecular complexity index is 1010. The summed E-state index contributed by atoms with van der Waals surface area (Å²) in [7, 11) is 0. The largest absolute Gasteiger partial charge is 0.448 e. The van der Waals surface area contributed by atoms with Crippen molar-refractivity contribution in [3.05, 3.63) is 69.2 Å². The standard InChI is InChI=1S/C20H16Cl3F3N2O3/c1-11-2-3-12(6-16(11)27-18(29)30-5-4-21)17-10-19(31-28-17,20(24,25)26)13-7-14(22)9-15(23)8-13/h2-3,6-10,28H,4-5H2,1H3,(H,27,29). The highest BCUT2D eigenvalue weighted by Crippen LogP contribution is 2.48. The molecule has 1 amide bonds. The lowest BCUT2D eigenvalue weighted by Gasteiger charge is -2.28. The first-order valence-corrected chi connectivity index (χ1v) is 10.2. The number of anilines is 1. The lowest BCUT2D eigenvalue weighted by molar-refractivity contribution is -0.269. The first-order valence-electron chi connectivity index (χ1n) is 8.86. The van der Waals surface area contributed by atoms with Crippen LogP contribution in [-0.4, -0.2) is 24.8 Å². The zero-order valence-electron chi connectivity index (χ0n) is 15.9. The van der Waals surface area contributed by atoms with Crippen LogP contribution in [0.25, 0.3) is 5.70 Å². The van der Waals surface area contributed by atoms with E-state index in [0.717, 1.165) is 18.2 Å². The number of hydrogen-bond acceptors (Lipinski definition) is 4. The van der Waals surface area contributed by atoms with Crippen LogP contribution < -0.4 is 10.8 Å². The van der Waals surface area contributed by atoms with Gasteiger partial charge in [-0.15, -0.1) is 11.6 Å². The van der Waals surface area contributed by atoms with Gasteiger partial charge in [-0.25, -0.2) is 4.79 Å². The number of ether oxygens (including phenoxy) is 1. The number of carbonyl (C=O) groups is 1. The van der Waals surface area contributed by atoms with Gasteiger partial charge in [-0.1, -0.05) is 35.3 Å². The van der Waals surface area contributed by atoms with Gasteiger partial charge in [-0.2, -0.15) is 13.2 Å². The van der Waals surface area contributed by atoms with Crippen LogP contribution in [0.1, 0.15) is 16.7 Å². The van der Waals surface area contributed by atoms with Crippen molar-refractivity contribution in [3.8, 4) is 0 Å². The Morgan fingerprint density at radius 2 is 1.87 bits per heavy atom. The third-order valence-corrected chi connectivity index (χ3v) is 5.07. The Labute approximate surface area is 191 Å². The number of carbonyl (C=O) groups excluding carboxylic acids is 1. The van der Waals surface area contributed by atoms with Gasteiger partial charge in [0.15, 0.2) is 0 Å². The SMILES string of the molecule is Cc1ccc(C2=CC(c3cc(Cl)cc(Cl)c3)(C(F)(F)F)ON2)cc1NC(=O)OCCCl. The molecule has 11 heteroatoms. The predicted octanol–water partition coefficient (Wildman–Crippen LogP) is 6.42. The Morgan fingerprint density at radius 1 is 1.19 bits per heavy atom. The van der Waals surface area contributed by atoms with E-state index in [4.69, 9.17) is 44.4 Å². The van der Waals surface area contributed by atoms with Crippen LogP contribution in [-0.2, 0) is 15.2 Å². The second-order valence-corrected chi connectivity index (χ2v) is 7.88. The van der Waals surface area contributed by atoms with Crippen molar-refractivity contribution in [2.75, 3.05) is 17.8 Å². The third kappa shape index (κ3) is 5.03. The second-order valence-electron chi connectivity index (χ2n) is 6.63. The Hall–Kier alpha value is -2.13. The van der Waals surface area contributed by atoms with Crippen LogP contribution in [0.2, 0.25) is 10.0 Å². The molecule has 0 spiro atoms. The third-order valence-electron chi connectivity index (χ3n) is 4.48. The number of benzene rings is 2. The first kappa shape index (κ1) is 23.5. The van der Waals surface area contributed by atoms with E-state index in [2.05, 4.69) is 10.8 Å². The van der Waals surface area contributed by atoms with Crippen molar-refractivity contribution in [2.45, 2.75) is 18.7 Å². The van der Waals surface area contributed by atoms with Gasteiger partial charge in [0.2, 0.25) is 5.60 Å². The summed E-state index contributed by atoms with van der Waals surface area (Å²) in [4.78, 5) is 16.9. The molecule has 1 aliphatic rings. The molecule has 1 heterocycles. The maximum atomic E-state index is 14.1. The molecule has 0 aliphatic carbocycles. The molecule has 0 fully saturated rings. The number of alkyl halides is 4. The number of aryl methyl sites for hydroxylation is 1. The Morgan fingerprint density at radius 3 is 2.48 bits per heavy atom. The fraction of sp³-hybridized carbons (Fsp3) is 0.250. The van der Waals surface area contributed by atoms with Crippen LogP contribution in [0.4, 0.5) is 23.7 Å². The summed E-state index contributed by atoms with van der Waals surface area (Å²) in [6, 6.07) is 8.32. The highest BCUT2D eigenvalue weighted by atomic mass is 35.5. The number of amides is 1. The molecule has 1 unspecified atom stereocenters. The molecule has 0 bridgehead atoms. The first-order chi connectivity index (χ1) is 14.6. The van der Waals surface area contributed by atoms with Gasteiger partial charge in [0.05, 0.1) is 11.6 Å². The van der Waals surface area contributed by atoms with Gasteiger partial charge in [0, 0.05) is 26.9 Å². The van der Waals surface area contributed by atoms with Crippen LogP contribution in [0.15, 0.2) is 42.5 Å². The van der Waals surface area contributed by atoms with Gasteiger partial charge >= 0.3 is 12.3 Å². The van der Waals surface area contributed by atoms with Gasteiger partial charge in [0.25, 0.3) is 0 Å². The molecule has 0 radical (unpaired) electrons. The van der Waals surface area contributed by atoms with Gasteiger partial charge in [-0.05, 0) is 42.8 Å². The zero-order valence-corrected chi connectivity index (χ0v) is 18.2. The highest BCUT2D eigenvalue weighted by molar-refractivity contribution is 6.34. The molecule has 2 aromatic rings. The van der Waals surface area contributed by atoms with Crippen LogP contribution in [0, 0.1) is 6.92 Å². The molecule has 2 aromatic carbocycles. The number of rotatable bonds is 5. The van der Waals surface area contributed by atoms with Crippen LogP contribution in [0.5, 0.6) is 0 Å². The average Bonchev–Trinajstić information content (AvgIpc) is 3.14. The summed E-state index contributed by atoms with van der Waals surface area (Å²) >= 11 is 17.3. The number of hydrogen-bond donors (Lipinski definition) is 2. The van der Waals surface area contributed by atoms with Crippen molar-refractivity contribution in [3.63, 3.8) is 0 Å². The van der Waals surface area contributed by atoms with Crippen molar-refractivity contribution in [1.82, 2.24) is 5.48 Å². The van der Waals surface area contributed by atoms with Crippen molar-refractivity contribution in [2.24, 2.45) is 0 Å². The Kier molecular flexibility index (Phi) is 6.95. The highest BCUT2D eigenvalue weighted by Gasteiger charge is 2.59. The fourth-order valence-electron chi connectivity index (χ4n) is 2.96. The molecule has 0 saturated heterocycles. The Balaban J connectivity index is 2.00. The van der Waals surface area contributed by atoms with E-state index >= 15 is 0 Å². The average molecular weight is 496 g/mol. The molecule has 31 heavy (non-hydrogen) atoms. The van der Waals surface area contributed by atoms with E-state index in [0.29, 0.717) is 16.8 Å². The second kappa shape index (κ2) is 9.16. The monoisotopic (exact) mass is 494 g/mol. The molecule has 0 saturated carbocycles. The molecule has 2 N–H and O–H groups in total. The van der Waals surface area contributed by atoms with Crippen LogP contribution >= 0.6 is 34.8 Å². The number of nitrogens with one attached hydrogen (secondary N) is 2. The van der Waals surface area contributed by atoms with E-state index in [1.165, 1.54) is 12.1 Å². The van der Waals surface area contributed by atoms with E-state index in [-0.39, 0.29) is 33.8 Å². The zero-order chi connectivity index (χ0) is 22.8. The molecule has 1 atom stereocenters. The lowest BCUT2D eigenvalue weighted by Crippen LogP contribution is -2.42. The summed E-state index contributed by atoms with van der Waals surface area (Å²) < 4.78 is 47.2. The summed E-state index contributed by atoms with van der Waals surface area (Å²) in [6.07, 6.45) is -4.66. The van der Waals surface area contributed by atoms with Gasteiger partial charge in [0.1, 0.15) is 6.61 Å². The summed E-state index contributed by atoms with van der Waals surface area (Å²) in [5, 5.41) is 2.61. The van der Waals surface area contributed by atoms with Crippen molar-refractivity contribution >= 4 is 52.3 Å². The van der Waals surface area contributed by atoms with E-state index < -0.39 is 17.9 Å². The predicted molar refractivity (Wildman–Crippen MR) is 113 cm³/mol. The summed E-state index contributed by atoms with van der Waals surface area (Å²) in [5.74, 6) is 0.133. The minimum Gasteiger partial charge on any atom is -0.448 e. The topological polar surface area (TPSA) is 59.6 Å². The molecule has 5 nitrogen and oxygen atoms in total. The van der Waals surface area contributed by atoms with Crippen molar-refractivity contribution in [1.29, 1.82) is 0 Å². The van der Waals surface area contributed by atoms with E-state index in [1.807, 2.05) is 0 Å². The summed E-state index contributed by atoms with van der Waals surface area (Å²) in [5.41, 5.74) is 0.666. The molecule has 1 aliphatic heterocycles. The van der Waals surface area contributed by atoms with Gasteiger partial charge in [-0.3, -0.25) is 15.6 Å². The summed E-state index contributed by atoms with van der Waals surface area (Å²) in [6.45, 7) is 1.74. The maximum absolute atomic E-state index is 14.1. The smallest absolute Gasteiger partial charge is 0.428 e. The lowest BCUT2D eigenvalue weighted by atomic mass is 9.91. The fourth-order valence-corrected chi connectivity index (χ4v) is 3.56. The normalized spacial score (nSPS) is 18.4. The minimum atomic E-state index is -4.83. The molecular formula is C20H16Cl3F3N2O3. The molecule has 3 rings (SSSR count). The minimum absolute atomic E-state index is 0.0168. The van der Waals surface area contributed by atoms with Crippen LogP contribution in [0.3, 0.4) is 0 Å². The molecule has 166 valence electrons. The van der Waals surface area contributed by atoms with E-state index in [9.17, 15) is 18.0 Å². The van der Waals surface area contributed by atoms with Crippen molar-refractivity contribution < 1.29 is 27.5 Å². The number of halogens is 6. The van der Waals surface area contributed by atoms with Gasteiger partial charge < -0.3 is 4.74 Å². The molecule has 0 aromatic heterocycles. The molecular weight excluding hydrogens is 480 g/mol. The maximum Gasteiger partial charge on any atom is 0.428 e. The number of hydroxylamine groups is 1. The van der Waals surface area contributed by atoms with E-state index in [1.54, 1.807) is 19.1 Å². The quantitative estimate of drug-likeness (QED) is 0.470.